The van der Waals surface area contributed by atoms with Crippen molar-refractivity contribution < 1.29 is 9.53 Å². The van der Waals surface area contributed by atoms with Crippen LogP contribution in [0.15, 0.2) is 54.6 Å². The average Bonchev–Trinajstić information content (AvgIpc) is 2.53. The summed E-state index contributed by atoms with van der Waals surface area (Å²) in [6.45, 7) is 2.34. The van der Waals surface area contributed by atoms with E-state index in [9.17, 15) is 4.79 Å². The minimum absolute atomic E-state index is 0.424. The third kappa shape index (κ3) is 3.41. The topological polar surface area (TPSA) is 64.3 Å². The molecule has 1 amide bonds. The molecule has 0 aliphatic heterocycles. The van der Waals surface area contributed by atoms with E-state index in [1.165, 1.54) is 0 Å². The molecule has 1 unspecified atom stereocenters. The number of carbonyl (C=O) groups is 1. The highest BCUT2D eigenvalue weighted by Crippen LogP contribution is 2.25. The molecule has 3 N–H and O–H groups in total. The van der Waals surface area contributed by atoms with Gasteiger partial charge in [0.05, 0.1) is 7.11 Å². The summed E-state index contributed by atoms with van der Waals surface area (Å²) in [5, 5.41) is 3.25. The van der Waals surface area contributed by atoms with Gasteiger partial charge in [0.2, 0.25) is 5.91 Å². The fraction of sp³-hybridized carbons (Fsp3) is 0.235. The van der Waals surface area contributed by atoms with Crippen molar-refractivity contribution in [1.82, 2.24) is 5.32 Å². The molecule has 0 spiro atoms. The molecule has 110 valence electrons. The van der Waals surface area contributed by atoms with Crippen LogP contribution < -0.4 is 15.8 Å². The lowest BCUT2D eigenvalue weighted by molar-refractivity contribution is -0.124. The van der Waals surface area contributed by atoms with Crippen molar-refractivity contribution in [1.29, 1.82) is 0 Å². The van der Waals surface area contributed by atoms with Crippen LogP contribution >= 0.6 is 0 Å². The summed E-state index contributed by atoms with van der Waals surface area (Å²) in [4.78, 5) is 12.0. The molecule has 0 radical (unpaired) electrons. The van der Waals surface area contributed by atoms with Gasteiger partial charge in [-0.3, -0.25) is 10.1 Å². The number of amides is 1. The van der Waals surface area contributed by atoms with Gasteiger partial charge in [-0.15, -0.1) is 0 Å². The van der Waals surface area contributed by atoms with Crippen LogP contribution in [-0.4, -0.2) is 13.0 Å². The van der Waals surface area contributed by atoms with Crippen molar-refractivity contribution in [2.24, 2.45) is 5.73 Å². The van der Waals surface area contributed by atoms with Gasteiger partial charge in [0.25, 0.3) is 0 Å². The first kappa shape index (κ1) is 15.1. The van der Waals surface area contributed by atoms with Gasteiger partial charge in [0, 0.05) is 6.54 Å². The number of ether oxygens (including phenoxy) is 1. The van der Waals surface area contributed by atoms with Crippen molar-refractivity contribution in [3.05, 3.63) is 65.7 Å². The number of rotatable bonds is 6. The molecular weight excluding hydrogens is 264 g/mol. The minimum Gasteiger partial charge on any atom is -0.497 e. The summed E-state index contributed by atoms with van der Waals surface area (Å²) in [5.74, 6) is 0.271. The van der Waals surface area contributed by atoms with Crippen LogP contribution in [0.3, 0.4) is 0 Å². The largest absolute Gasteiger partial charge is 0.497 e. The molecule has 0 saturated carbocycles. The van der Waals surface area contributed by atoms with Crippen molar-refractivity contribution in [2.75, 3.05) is 7.11 Å². The van der Waals surface area contributed by atoms with E-state index >= 15 is 0 Å². The highest BCUT2D eigenvalue weighted by molar-refractivity contribution is 5.85. The number of benzene rings is 2. The lowest BCUT2D eigenvalue weighted by atomic mass is 9.90. The molecule has 0 saturated heterocycles. The molecule has 21 heavy (non-hydrogen) atoms. The fourth-order valence-electron chi connectivity index (χ4n) is 2.14. The summed E-state index contributed by atoms with van der Waals surface area (Å²) < 4.78 is 5.21. The molecule has 1 atom stereocenters. The van der Waals surface area contributed by atoms with Gasteiger partial charge in [-0.05, 0) is 30.2 Å². The maximum Gasteiger partial charge on any atom is 0.242 e. The van der Waals surface area contributed by atoms with Gasteiger partial charge in [0.1, 0.15) is 11.3 Å². The van der Waals surface area contributed by atoms with E-state index in [2.05, 4.69) is 5.32 Å². The predicted molar refractivity (Wildman–Crippen MR) is 82.8 cm³/mol. The minimum atomic E-state index is -0.954. The Morgan fingerprint density at radius 2 is 1.90 bits per heavy atom. The Morgan fingerprint density at radius 1 is 1.19 bits per heavy atom. The molecule has 0 fully saturated rings. The van der Waals surface area contributed by atoms with E-state index in [1.807, 2.05) is 54.6 Å². The maximum absolute atomic E-state index is 12.0. The summed E-state index contributed by atoms with van der Waals surface area (Å²) in [6, 6.07) is 17.3. The van der Waals surface area contributed by atoms with E-state index in [4.69, 9.17) is 10.5 Å². The van der Waals surface area contributed by atoms with E-state index < -0.39 is 11.4 Å². The summed E-state index contributed by atoms with van der Waals surface area (Å²) in [7, 11) is 1.60. The molecular formula is C17H20N2O2. The second kappa shape index (κ2) is 6.41. The molecule has 0 aliphatic carbocycles. The number of hydrogen-bond donors (Lipinski definition) is 2. The van der Waals surface area contributed by atoms with Crippen molar-refractivity contribution in [3.63, 3.8) is 0 Å². The van der Waals surface area contributed by atoms with Crippen molar-refractivity contribution >= 4 is 5.91 Å². The lowest BCUT2D eigenvalue weighted by Crippen LogP contribution is -2.50. The molecule has 0 heterocycles. The van der Waals surface area contributed by atoms with Gasteiger partial charge in [-0.2, -0.15) is 0 Å². The Morgan fingerprint density at radius 3 is 2.52 bits per heavy atom. The number of carbonyl (C=O) groups excluding carboxylic acids is 1. The zero-order valence-electron chi connectivity index (χ0n) is 12.3. The Labute approximate surface area is 124 Å². The Kier molecular flexibility index (Phi) is 4.60. The number of methoxy groups -OCH3 is 1. The van der Waals surface area contributed by atoms with Gasteiger partial charge in [0.15, 0.2) is 0 Å². The smallest absolute Gasteiger partial charge is 0.242 e. The fourth-order valence-corrected chi connectivity index (χ4v) is 2.14. The van der Waals surface area contributed by atoms with Crippen LogP contribution in [0.1, 0.15) is 18.1 Å². The van der Waals surface area contributed by atoms with Crippen LogP contribution in [0.4, 0.5) is 0 Å². The van der Waals surface area contributed by atoms with Gasteiger partial charge >= 0.3 is 0 Å². The summed E-state index contributed by atoms with van der Waals surface area (Å²) in [5.41, 5.74) is 6.54. The highest BCUT2D eigenvalue weighted by Gasteiger charge is 2.32. The first-order chi connectivity index (χ1) is 10.1. The zero-order valence-corrected chi connectivity index (χ0v) is 12.3. The van der Waals surface area contributed by atoms with Crippen molar-refractivity contribution in [2.45, 2.75) is 19.0 Å². The Hall–Kier alpha value is -2.33. The Balaban J connectivity index is 2.25. The SMILES string of the molecule is COc1cccc(C(C)(NCc2ccccc2)C(N)=O)c1. The standard InChI is InChI=1S/C17H20N2O2/c1-17(16(18)20,14-9-6-10-15(11-14)21-2)19-12-13-7-4-3-5-8-13/h3-11,19H,12H2,1-2H3,(H2,18,20). The first-order valence-electron chi connectivity index (χ1n) is 6.79. The van der Waals surface area contributed by atoms with Crippen LogP contribution in [0, 0.1) is 0 Å². The third-order valence-electron chi connectivity index (χ3n) is 3.63. The average molecular weight is 284 g/mol. The predicted octanol–water partition coefficient (Wildman–Crippen LogP) is 2.19. The molecule has 0 aliphatic rings. The Bertz CT molecular complexity index is 613. The van der Waals surface area contributed by atoms with Crippen molar-refractivity contribution in [3.8, 4) is 5.75 Å². The molecule has 0 aromatic heterocycles. The van der Waals surface area contributed by atoms with E-state index in [0.29, 0.717) is 12.3 Å². The van der Waals surface area contributed by atoms with Crippen LogP contribution in [0.5, 0.6) is 5.75 Å². The number of nitrogens with one attached hydrogen (secondary N) is 1. The molecule has 0 bridgehead atoms. The molecule has 4 nitrogen and oxygen atoms in total. The summed E-state index contributed by atoms with van der Waals surface area (Å²) >= 11 is 0. The number of nitrogens with two attached hydrogens (primary N) is 1. The van der Waals surface area contributed by atoms with Crippen LogP contribution in [-0.2, 0) is 16.9 Å². The van der Waals surface area contributed by atoms with E-state index in [0.717, 1.165) is 11.1 Å². The van der Waals surface area contributed by atoms with Crippen LogP contribution in [0.2, 0.25) is 0 Å². The normalized spacial score (nSPS) is 13.4. The summed E-state index contributed by atoms with van der Waals surface area (Å²) in [6.07, 6.45) is 0. The number of primary amides is 1. The third-order valence-corrected chi connectivity index (χ3v) is 3.63. The van der Waals surface area contributed by atoms with Gasteiger partial charge < -0.3 is 10.5 Å². The number of hydrogen-bond acceptors (Lipinski definition) is 3. The van der Waals surface area contributed by atoms with E-state index in [1.54, 1.807) is 14.0 Å². The second-order valence-corrected chi connectivity index (χ2v) is 5.06. The van der Waals surface area contributed by atoms with Gasteiger partial charge in [-0.25, -0.2) is 0 Å². The van der Waals surface area contributed by atoms with Gasteiger partial charge in [-0.1, -0.05) is 42.5 Å². The molecule has 4 heteroatoms. The zero-order chi connectivity index (χ0) is 15.3. The molecule has 2 aromatic rings. The monoisotopic (exact) mass is 284 g/mol. The van der Waals surface area contributed by atoms with Crippen LogP contribution in [0.25, 0.3) is 0 Å². The first-order valence-corrected chi connectivity index (χ1v) is 6.79. The lowest BCUT2D eigenvalue weighted by Gasteiger charge is -2.28. The quantitative estimate of drug-likeness (QED) is 0.854. The maximum atomic E-state index is 12.0. The molecule has 2 aromatic carbocycles. The molecule has 2 rings (SSSR count). The second-order valence-electron chi connectivity index (χ2n) is 5.06. The highest BCUT2D eigenvalue weighted by atomic mass is 16.5. The van der Waals surface area contributed by atoms with E-state index in [-0.39, 0.29) is 0 Å².